The highest BCUT2D eigenvalue weighted by molar-refractivity contribution is 5.84. The molecule has 0 amide bonds. The van der Waals surface area contributed by atoms with Crippen LogP contribution in [0.2, 0.25) is 0 Å². The zero-order valence-corrected chi connectivity index (χ0v) is 13.5. The summed E-state index contributed by atoms with van der Waals surface area (Å²) in [6.07, 6.45) is 6.84. The predicted octanol–water partition coefficient (Wildman–Crippen LogP) is 2.75. The van der Waals surface area contributed by atoms with Crippen LogP contribution >= 0.6 is 0 Å². The molecule has 0 aliphatic rings. The molecule has 0 aliphatic carbocycles. The van der Waals surface area contributed by atoms with E-state index >= 15 is 0 Å². The van der Waals surface area contributed by atoms with Crippen LogP contribution in [0.4, 0.5) is 4.39 Å². The zero-order valence-electron chi connectivity index (χ0n) is 13.5. The lowest BCUT2D eigenvalue weighted by Gasteiger charge is -2.26. The van der Waals surface area contributed by atoms with Crippen molar-refractivity contribution in [2.24, 2.45) is 11.5 Å². The van der Waals surface area contributed by atoms with Gasteiger partial charge in [0.05, 0.1) is 12.1 Å². The van der Waals surface area contributed by atoms with Crippen LogP contribution in [0, 0.1) is 0 Å². The van der Waals surface area contributed by atoms with Crippen molar-refractivity contribution >= 4 is 5.78 Å². The minimum absolute atomic E-state index is 0.0878. The SMILES string of the molecule is C/C=C(/F)C(N)C/C=C/C=C(/OC(C)(C)C(C)=O)C(C)N. The summed E-state index contributed by atoms with van der Waals surface area (Å²) >= 11 is 0. The summed E-state index contributed by atoms with van der Waals surface area (Å²) < 4.78 is 18.8. The molecular weight excluding hydrogens is 271 g/mol. The third-order valence-electron chi connectivity index (χ3n) is 3.09. The monoisotopic (exact) mass is 298 g/mol. The molecule has 0 aromatic carbocycles. The fourth-order valence-electron chi connectivity index (χ4n) is 1.36. The Morgan fingerprint density at radius 2 is 1.95 bits per heavy atom. The van der Waals surface area contributed by atoms with Crippen molar-refractivity contribution < 1.29 is 13.9 Å². The van der Waals surface area contributed by atoms with E-state index < -0.39 is 11.6 Å². The molecule has 4 N–H and O–H groups in total. The van der Waals surface area contributed by atoms with Crippen LogP contribution in [-0.4, -0.2) is 23.5 Å². The average Bonchev–Trinajstić information content (AvgIpc) is 2.40. The number of hydrogen-bond donors (Lipinski definition) is 2. The number of halogens is 1. The first-order valence-electron chi connectivity index (χ1n) is 7.01. The normalized spacial score (nSPS) is 17.0. The molecule has 0 aromatic rings. The molecule has 0 rings (SSSR count). The Morgan fingerprint density at radius 1 is 1.38 bits per heavy atom. The van der Waals surface area contributed by atoms with Gasteiger partial charge in [0, 0.05) is 0 Å². The van der Waals surface area contributed by atoms with E-state index in [2.05, 4.69) is 0 Å². The lowest BCUT2D eigenvalue weighted by atomic mass is 10.0. The van der Waals surface area contributed by atoms with Crippen LogP contribution in [0.3, 0.4) is 0 Å². The number of nitrogens with two attached hydrogens (primary N) is 2. The van der Waals surface area contributed by atoms with E-state index in [1.54, 1.807) is 45.9 Å². The quantitative estimate of drug-likeness (QED) is 0.533. The Labute approximate surface area is 126 Å². The minimum Gasteiger partial charge on any atom is -0.483 e. The summed E-state index contributed by atoms with van der Waals surface area (Å²) in [7, 11) is 0. The molecule has 0 saturated carbocycles. The van der Waals surface area contributed by atoms with Gasteiger partial charge in [0.25, 0.3) is 0 Å². The number of carbonyl (C=O) groups is 1. The Kier molecular flexibility index (Phi) is 8.14. The smallest absolute Gasteiger partial charge is 0.172 e. The zero-order chi connectivity index (χ0) is 16.6. The molecule has 0 bridgehead atoms. The maximum Gasteiger partial charge on any atom is 0.172 e. The first-order chi connectivity index (χ1) is 9.61. The Hall–Kier alpha value is -1.46. The van der Waals surface area contributed by atoms with Crippen molar-refractivity contribution in [3.63, 3.8) is 0 Å². The Morgan fingerprint density at radius 3 is 2.38 bits per heavy atom. The van der Waals surface area contributed by atoms with Gasteiger partial charge >= 0.3 is 0 Å². The van der Waals surface area contributed by atoms with Crippen molar-refractivity contribution in [2.75, 3.05) is 0 Å². The van der Waals surface area contributed by atoms with Gasteiger partial charge in [-0.25, -0.2) is 4.39 Å². The van der Waals surface area contributed by atoms with E-state index in [0.717, 1.165) is 0 Å². The standard InChI is InChI=1S/C16H27FN2O2/c1-6-13(17)14(19)9-7-8-10-15(11(2)18)21-16(4,5)12(3)20/h6-8,10-11,14H,9,18-19H2,1-5H3/b8-7+,13-6+,15-10+. The van der Waals surface area contributed by atoms with Gasteiger partial charge in [-0.2, -0.15) is 0 Å². The fourth-order valence-corrected chi connectivity index (χ4v) is 1.36. The topological polar surface area (TPSA) is 78.3 Å². The van der Waals surface area contributed by atoms with Gasteiger partial charge in [-0.1, -0.05) is 18.2 Å². The maximum absolute atomic E-state index is 13.2. The molecule has 2 unspecified atom stereocenters. The molecule has 0 aromatic heterocycles. The number of ketones is 1. The summed E-state index contributed by atoms with van der Waals surface area (Å²) in [5, 5.41) is 0. The first kappa shape index (κ1) is 19.5. The van der Waals surface area contributed by atoms with Crippen LogP contribution in [0.25, 0.3) is 0 Å². The average molecular weight is 298 g/mol. The first-order valence-corrected chi connectivity index (χ1v) is 7.01. The third-order valence-corrected chi connectivity index (χ3v) is 3.09. The highest BCUT2D eigenvalue weighted by Crippen LogP contribution is 2.18. The molecule has 21 heavy (non-hydrogen) atoms. The van der Waals surface area contributed by atoms with Crippen molar-refractivity contribution in [2.45, 2.75) is 58.7 Å². The molecule has 0 spiro atoms. The summed E-state index contributed by atoms with van der Waals surface area (Å²) in [5.41, 5.74) is 10.5. The maximum atomic E-state index is 13.2. The second-order valence-corrected chi connectivity index (χ2v) is 5.47. The van der Waals surface area contributed by atoms with Crippen LogP contribution < -0.4 is 11.5 Å². The molecule has 0 heterocycles. The second kappa shape index (κ2) is 8.74. The van der Waals surface area contributed by atoms with Crippen LogP contribution in [0.15, 0.2) is 35.9 Å². The van der Waals surface area contributed by atoms with Gasteiger partial charge in [0.15, 0.2) is 11.4 Å². The fraction of sp³-hybridized carbons (Fsp3) is 0.562. The highest BCUT2D eigenvalue weighted by atomic mass is 19.1. The molecule has 0 saturated heterocycles. The van der Waals surface area contributed by atoms with E-state index in [0.29, 0.717) is 12.2 Å². The predicted molar refractivity (Wildman–Crippen MR) is 84.2 cm³/mol. The van der Waals surface area contributed by atoms with E-state index in [1.165, 1.54) is 13.0 Å². The lowest BCUT2D eigenvalue weighted by Crippen LogP contribution is -2.36. The van der Waals surface area contributed by atoms with E-state index in [1.807, 2.05) is 0 Å². The molecule has 2 atom stereocenters. The van der Waals surface area contributed by atoms with Gasteiger partial charge in [-0.3, -0.25) is 4.79 Å². The summed E-state index contributed by atoms with van der Waals surface area (Å²) in [4.78, 5) is 11.5. The van der Waals surface area contributed by atoms with E-state index in [9.17, 15) is 9.18 Å². The van der Waals surface area contributed by atoms with Crippen LogP contribution in [0.5, 0.6) is 0 Å². The van der Waals surface area contributed by atoms with E-state index in [4.69, 9.17) is 16.2 Å². The van der Waals surface area contributed by atoms with Crippen molar-refractivity contribution in [1.82, 2.24) is 0 Å². The van der Waals surface area contributed by atoms with Gasteiger partial charge in [-0.05, 0) is 47.1 Å². The van der Waals surface area contributed by atoms with Crippen molar-refractivity contribution in [3.05, 3.63) is 35.9 Å². The molecule has 120 valence electrons. The van der Waals surface area contributed by atoms with Crippen molar-refractivity contribution in [1.29, 1.82) is 0 Å². The van der Waals surface area contributed by atoms with Gasteiger partial charge < -0.3 is 16.2 Å². The van der Waals surface area contributed by atoms with Gasteiger partial charge in [0.2, 0.25) is 0 Å². The Balaban J connectivity index is 4.80. The lowest BCUT2D eigenvalue weighted by molar-refractivity contribution is -0.134. The van der Waals surface area contributed by atoms with Crippen molar-refractivity contribution in [3.8, 4) is 0 Å². The van der Waals surface area contributed by atoms with Gasteiger partial charge in [0.1, 0.15) is 11.6 Å². The number of rotatable bonds is 8. The second-order valence-electron chi connectivity index (χ2n) is 5.47. The molecule has 0 fully saturated rings. The number of carbonyl (C=O) groups excluding carboxylic acids is 1. The van der Waals surface area contributed by atoms with Gasteiger partial charge in [-0.15, -0.1) is 0 Å². The summed E-state index contributed by atoms with van der Waals surface area (Å²) in [6, 6.07) is -0.998. The minimum atomic E-state index is -0.930. The number of ether oxygens (including phenoxy) is 1. The molecule has 0 aliphatic heterocycles. The van der Waals surface area contributed by atoms with E-state index in [-0.39, 0.29) is 17.7 Å². The van der Waals surface area contributed by atoms with Crippen LogP contribution in [-0.2, 0) is 9.53 Å². The molecule has 5 heteroatoms. The summed E-state index contributed by atoms with van der Waals surface area (Å²) in [6.45, 7) is 8.21. The van der Waals surface area contributed by atoms with Crippen LogP contribution in [0.1, 0.15) is 41.0 Å². The number of allylic oxidation sites excluding steroid dienone is 3. The molecule has 4 nitrogen and oxygen atoms in total. The number of hydrogen-bond acceptors (Lipinski definition) is 4. The molecule has 0 radical (unpaired) electrons. The molecular formula is C16H27FN2O2. The largest absolute Gasteiger partial charge is 0.483 e. The summed E-state index contributed by atoms with van der Waals surface area (Å²) in [5.74, 6) is 0.0618. The highest BCUT2D eigenvalue weighted by Gasteiger charge is 2.27. The number of Topliss-reactive ketones (excluding diaryl/α,β-unsaturated/α-hetero) is 1. The Bertz CT molecular complexity index is 438. The third kappa shape index (κ3) is 7.20.